The van der Waals surface area contributed by atoms with Crippen molar-refractivity contribution in [2.24, 2.45) is 0 Å². The van der Waals surface area contributed by atoms with Crippen molar-refractivity contribution in [1.29, 1.82) is 0 Å². The van der Waals surface area contributed by atoms with E-state index in [1.165, 1.54) is 12.8 Å². The van der Waals surface area contributed by atoms with Crippen LogP contribution in [0.25, 0.3) is 21.0 Å². The molecule has 1 aromatic heterocycles. The quantitative estimate of drug-likeness (QED) is 0.477. The van der Waals surface area contributed by atoms with Crippen molar-refractivity contribution >= 4 is 48.0 Å². The number of fused-ring (bicyclic) bond motifs is 2. The third-order valence-electron chi connectivity index (χ3n) is 5.79. The maximum atomic E-state index is 12.9. The SMILES string of the molecule is O=c1sc2cc(NS(=O)(=O)c3ccc4ccccc4c3)ccc2n1CCN1CCCC1. The molecule has 2 heterocycles. The number of benzene rings is 3. The van der Waals surface area contributed by atoms with Crippen LogP contribution in [0.2, 0.25) is 0 Å². The Morgan fingerprint density at radius 1 is 0.903 bits per heavy atom. The molecule has 1 aliphatic rings. The minimum absolute atomic E-state index is 0.0104. The fraction of sp³-hybridized carbons (Fsp3) is 0.261. The van der Waals surface area contributed by atoms with Gasteiger partial charge in [0.05, 0.1) is 20.8 Å². The van der Waals surface area contributed by atoms with Crippen LogP contribution in [0.4, 0.5) is 5.69 Å². The van der Waals surface area contributed by atoms with Crippen molar-refractivity contribution in [3.63, 3.8) is 0 Å². The normalized spacial score (nSPS) is 15.1. The van der Waals surface area contributed by atoms with Crippen LogP contribution in [-0.2, 0) is 16.6 Å². The Morgan fingerprint density at radius 2 is 1.68 bits per heavy atom. The van der Waals surface area contributed by atoms with E-state index in [1.54, 1.807) is 34.9 Å². The first-order valence-corrected chi connectivity index (χ1v) is 12.7. The van der Waals surface area contributed by atoms with Gasteiger partial charge >= 0.3 is 4.87 Å². The van der Waals surface area contributed by atoms with Crippen molar-refractivity contribution in [3.8, 4) is 0 Å². The fourth-order valence-electron chi connectivity index (χ4n) is 4.14. The fourth-order valence-corrected chi connectivity index (χ4v) is 6.18. The maximum absolute atomic E-state index is 12.9. The van der Waals surface area contributed by atoms with E-state index >= 15 is 0 Å². The molecule has 6 nitrogen and oxygen atoms in total. The number of hydrogen-bond acceptors (Lipinski definition) is 5. The smallest absolute Gasteiger partial charge is 0.302 e. The van der Waals surface area contributed by atoms with Crippen molar-refractivity contribution in [2.75, 3.05) is 24.4 Å². The minimum Gasteiger partial charge on any atom is -0.302 e. The molecule has 4 aromatic rings. The Kier molecular flexibility index (Phi) is 5.29. The lowest BCUT2D eigenvalue weighted by Gasteiger charge is -2.14. The molecule has 0 radical (unpaired) electrons. The Bertz CT molecular complexity index is 1420. The van der Waals surface area contributed by atoms with Gasteiger partial charge in [0.25, 0.3) is 10.0 Å². The summed E-state index contributed by atoms with van der Waals surface area (Å²) in [4.78, 5) is 15.1. The predicted octanol–water partition coefficient (Wildman–Crippen LogP) is 4.11. The predicted molar refractivity (Wildman–Crippen MR) is 127 cm³/mol. The van der Waals surface area contributed by atoms with E-state index in [0.717, 1.165) is 52.0 Å². The van der Waals surface area contributed by atoms with Gasteiger partial charge in [0, 0.05) is 13.1 Å². The molecule has 0 atom stereocenters. The molecule has 1 N–H and O–H groups in total. The summed E-state index contributed by atoms with van der Waals surface area (Å²) < 4.78 is 31.1. The van der Waals surface area contributed by atoms with E-state index in [9.17, 15) is 13.2 Å². The van der Waals surface area contributed by atoms with Crippen LogP contribution < -0.4 is 9.60 Å². The summed E-state index contributed by atoms with van der Waals surface area (Å²) in [5, 5.41) is 1.86. The molecule has 0 amide bonds. The molecular weight excluding hydrogens is 430 g/mol. The van der Waals surface area contributed by atoms with Gasteiger partial charge in [-0.2, -0.15) is 0 Å². The van der Waals surface area contributed by atoms with Crippen LogP contribution in [0.5, 0.6) is 0 Å². The molecule has 0 saturated carbocycles. The summed E-state index contributed by atoms with van der Waals surface area (Å²) in [6.45, 7) is 3.71. The lowest BCUT2D eigenvalue weighted by Crippen LogP contribution is -2.27. The minimum atomic E-state index is -3.74. The van der Waals surface area contributed by atoms with Gasteiger partial charge < -0.3 is 4.90 Å². The summed E-state index contributed by atoms with van der Waals surface area (Å²) >= 11 is 1.15. The zero-order valence-electron chi connectivity index (χ0n) is 17.0. The van der Waals surface area contributed by atoms with Crippen molar-refractivity contribution in [1.82, 2.24) is 9.47 Å². The van der Waals surface area contributed by atoms with E-state index in [0.29, 0.717) is 12.2 Å². The van der Waals surface area contributed by atoms with Gasteiger partial charge in [-0.1, -0.05) is 41.7 Å². The standard InChI is InChI=1S/C23H23N3O3S2/c27-23-26(14-13-25-11-3-4-12-25)21-10-8-19(16-22(21)30-23)24-31(28,29)20-9-7-17-5-1-2-6-18(17)15-20/h1-2,5-10,15-16,24H,3-4,11-14H2. The Hall–Kier alpha value is -2.68. The highest BCUT2D eigenvalue weighted by Crippen LogP contribution is 2.25. The number of aromatic nitrogens is 1. The summed E-state index contributed by atoms with van der Waals surface area (Å²) in [5.74, 6) is 0. The average Bonchev–Trinajstić information content (AvgIpc) is 3.38. The molecule has 160 valence electrons. The topological polar surface area (TPSA) is 71.4 Å². The molecule has 5 rings (SSSR count). The highest BCUT2D eigenvalue weighted by atomic mass is 32.2. The molecule has 1 fully saturated rings. The summed E-state index contributed by atoms with van der Waals surface area (Å²) in [6, 6.07) is 18.0. The zero-order chi connectivity index (χ0) is 21.4. The van der Waals surface area contributed by atoms with Gasteiger partial charge in [-0.25, -0.2) is 8.42 Å². The number of sulfonamides is 1. The second kappa shape index (κ2) is 8.11. The molecule has 3 aromatic carbocycles. The highest BCUT2D eigenvalue weighted by Gasteiger charge is 2.17. The van der Waals surface area contributed by atoms with E-state index in [1.807, 2.05) is 30.3 Å². The molecule has 0 aliphatic carbocycles. The van der Waals surface area contributed by atoms with Gasteiger partial charge in [-0.15, -0.1) is 0 Å². The van der Waals surface area contributed by atoms with E-state index in [-0.39, 0.29) is 9.77 Å². The van der Waals surface area contributed by atoms with E-state index in [4.69, 9.17) is 0 Å². The molecular formula is C23H23N3O3S2. The van der Waals surface area contributed by atoms with Crippen LogP contribution in [0.3, 0.4) is 0 Å². The zero-order valence-corrected chi connectivity index (χ0v) is 18.6. The maximum Gasteiger partial charge on any atom is 0.308 e. The van der Waals surface area contributed by atoms with Crippen LogP contribution in [0.15, 0.2) is 70.4 Å². The van der Waals surface area contributed by atoms with Gasteiger partial charge in [0.2, 0.25) is 0 Å². The van der Waals surface area contributed by atoms with Crippen LogP contribution in [0.1, 0.15) is 12.8 Å². The van der Waals surface area contributed by atoms with E-state index < -0.39 is 10.0 Å². The van der Waals surface area contributed by atoms with Crippen molar-refractivity contribution in [3.05, 3.63) is 70.3 Å². The number of nitrogens with zero attached hydrogens (tertiary/aromatic N) is 2. The van der Waals surface area contributed by atoms with Crippen LogP contribution in [0, 0.1) is 0 Å². The van der Waals surface area contributed by atoms with Crippen LogP contribution in [-0.4, -0.2) is 37.5 Å². The third kappa shape index (κ3) is 4.11. The Balaban J connectivity index is 1.40. The summed E-state index contributed by atoms with van der Waals surface area (Å²) in [6.07, 6.45) is 2.44. The van der Waals surface area contributed by atoms with Crippen molar-refractivity contribution in [2.45, 2.75) is 24.3 Å². The van der Waals surface area contributed by atoms with Crippen molar-refractivity contribution < 1.29 is 8.42 Å². The molecule has 0 spiro atoms. The first kappa shape index (κ1) is 20.2. The second-order valence-corrected chi connectivity index (χ2v) is 10.5. The summed E-state index contributed by atoms with van der Waals surface area (Å²) in [5.41, 5.74) is 1.30. The molecule has 1 aliphatic heterocycles. The first-order chi connectivity index (χ1) is 15.0. The van der Waals surface area contributed by atoms with Gasteiger partial charge in [-0.05, 0) is 67.0 Å². The Labute approximate surface area is 184 Å². The van der Waals surface area contributed by atoms with Gasteiger partial charge in [-0.3, -0.25) is 14.1 Å². The number of hydrogen-bond donors (Lipinski definition) is 1. The monoisotopic (exact) mass is 453 g/mol. The number of rotatable bonds is 6. The lowest BCUT2D eigenvalue weighted by molar-refractivity contribution is 0.323. The average molecular weight is 454 g/mol. The van der Waals surface area contributed by atoms with E-state index in [2.05, 4.69) is 9.62 Å². The molecule has 31 heavy (non-hydrogen) atoms. The molecule has 0 bridgehead atoms. The number of likely N-dealkylation sites (tertiary alicyclic amines) is 1. The van der Waals surface area contributed by atoms with Crippen LogP contribution >= 0.6 is 11.3 Å². The van der Waals surface area contributed by atoms with Gasteiger partial charge in [0.1, 0.15) is 0 Å². The number of nitrogens with one attached hydrogen (secondary N) is 1. The van der Waals surface area contributed by atoms with Gasteiger partial charge in [0.15, 0.2) is 0 Å². The molecule has 8 heteroatoms. The third-order valence-corrected chi connectivity index (χ3v) is 8.11. The number of thiazole rings is 1. The second-order valence-electron chi connectivity index (χ2n) is 7.87. The lowest BCUT2D eigenvalue weighted by atomic mass is 10.1. The molecule has 1 saturated heterocycles. The largest absolute Gasteiger partial charge is 0.308 e. The summed E-state index contributed by atoms with van der Waals surface area (Å²) in [7, 11) is -3.74. The highest BCUT2D eigenvalue weighted by molar-refractivity contribution is 7.92. The Morgan fingerprint density at radius 3 is 2.48 bits per heavy atom. The molecule has 0 unspecified atom stereocenters. The first-order valence-electron chi connectivity index (χ1n) is 10.4. The number of anilines is 1.